The molecule has 124 valence electrons. The minimum absolute atomic E-state index is 0.434. The molecular weight excluding hydrogens is 332 g/mol. The molecule has 4 N–H and O–H groups in total. The van der Waals surface area contributed by atoms with Crippen LogP contribution in [0.4, 0.5) is 0 Å². The van der Waals surface area contributed by atoms with Crippen molar-refractivity contribution in [3.05, 3.63) is 60.7 Å². The van der Waals surface area contributed by atoms with Gasteiger partial charge in [0.15, 0.2) is 0 Å². The molecule has 0 amide bonds. The van der Waals surface area contributed by atoms with E-state index in [-0.39, 0.29) is 0 Å². The van der Waals surface area contributed by atoms with E-state index in [2.05, 4.69) is 0 Å². The number of benzene rings is 2. The number of hydrogen-bond acceptors (Lipinski definition) is 6. The minimum atomic E-state index is -1.42. The maximum Gasteiger partial charge on any atom is 0.110 e. The Morgan fingerprint density at radius 3 is 1.52 bits per heavy atom. The molecule has 6 heteroatoms. The van der Waals surface area contributed by atoms with E-state index in [9.17, 15) is 15.3 Å². The average molecular weight is 352 g/mol. The second kappa shape index (κ2) is 9.32. The van der Waals surface area contributed by atoms with Crippen molar-refractivity contribution in [1.82, 2.24) is 0 Å². The van der Waals surface area contributed by atoms with Gasteiger partial charge in [-0.1, -0.05) is 36.4 Å². The number of aliphatic hydroxyl groups is 4. The molecule has 0 saturated heterocycles. The van der Waals surface area contributed by atoms with Gasteiger partial charge >= 0.3 is 0 Å². The van der Waals surface area contributed by atoms with Crippen molar-refractivity contribution in [2.45, 2.75) is 32.7 Å². The molecule has 0 aliphatic heterocycles. The van der Waals surface area contributed by atoms with E-state index in [1.54, 1.807) is 0 Å². The molecule has 0 aliphatic carbocycles. The summed E-state index contributed by atoms with van der Waals surface area (Å²) in [5.41, 5.74) is 0. The third kappa shape index (κ3) is 5.53. The van der Waals surface area contributed by atoms with Crippen molar-refractivity contribution in [3.63, 3.8) is 0 Å². The maximum atomic E-state index is 10.4. The van der Waals surface area contributed by atoms with E-state index < -0.39 is 29.5 Å². The molecule has 0 bridgehead atoms. The number of aliphatic hydroxyl groups excluding tert-OH is 4. The zero-order valence-corrected chi connectivity index (χ0v) is 14.0. The van der Waals surface area contributed by atoms with Gasteiger partial charge in [0.25, 0.3) is 0 Å². The van der Waals surface area contributed by atoms with E-state index in [0.717, 1.165) is 9.79 Å². The van der Waals surface area contributed by atoms with Crippen molar-refractivity contribution in [3.8, 4) is 0 Å². The molecule has 3 atom stereocenters. The second-order valence-corrected chi connectivity index (χ2v) is 7.69. The first-order valence-electron chi connectivity index (χ1n) is 7.20. The van der Waals surface area contributed by atoms with Crippen molar-refractivity contribution < 1.29 is 20.4 Å². The van der Waals surface area contributed by atoms with Crippen LogP contribution in [-0.4, -0.2) is 49.9 Å². The zero-order valence-electron chi connectivity index (χ0n) is 12.4. The van der Waals surface area contributed by atoms with Crippen molar-refractivity contribution >= 4 is 23.5 Å². The summed E-state index contributed by atoms with van der Waals surface area (Å²) in [7, 11) is 0. The van der Waals surface area contributed by atoms with Crippen molar-refractivity contribution in [2.75, 3.05) is 6.61 Å². The molecule has 0 fully saturated rings. The van der Waals surface area contributed by atoms with E-state index in [1.165, 1.54) is 23.5 Å². The van der Waals surface area contributed by atoms with Crippen LogP contribution in [0.5, 0.6) is 0 Å². The molecule has 23 heavy (non-hydrogen) atoms. The van der Waals surface area contributed by atoms with Gasteiger partial charge in [0.1, 0.15) is 18.3 Å². The van der Waals surface area contributed by atoms with Gasteiger partial charge in [0.2, 0.25) is 0 Å². The van der Waals surface area contributed by atoms with Gasteiger partial charge in [-0.2, -0.15) is 0 Å². The Bertz CT molecular complexity index is 526. The summed E-state index contributed by atoms with van der Waals surface area (Å²) in [6.45, 7) is -0.600. The quantitative estimate of drug-likeness (QED) is 0.430. The van der Waals surface area contributed by atoms with Crippen LogP contribution in [-0.2, 0) is 0 Å². The molecule has 0 aromatic heterocycles. The van der Waals surface area contributed by atoms with E-state index in [4.69, 9.17) is 5.11 Å². The largest absolute Gasteiger partial charge is 0.394 e. The van der Waals surface area contributed by atoms with Crippen LogP contribution in [0, 0.1) is 0 Å². The molecule has 4 nitrogen and oxygen atoms in total. The lowest BCUT2D eigenvalue weighted by molar-refractivity contribution is -0.0706. The fraction of sp³-hybridized carbons (Fsp3) is 0.294. The van der Waals surface area contributed by atoms with Crippen LogP contribution in [0.1, 0.15) is 0 Å². The SMILES string of the molecule is OCC(O)C(O)C(O)C(Sc1ccccc1)Sc1ccccc1. The maximum absolute atomic E-state index is 10.4. The minimum Gasteiger partial charge on any atom is -0.394 e. The highest BCUT2D eigenvalue weighted by atomic mass is 32.2. The summed E-state index contributed by atoms with van der Waals surface area (Å²) in [5, 5.41) is 39.0. The van der Waals surface area contributed by atoms with Gasteiger partial charge in [0.05, 0.1) is 11.2 Å². The van der Waals surface area contributed by atoms with Crippen LogP contribution in [0.25, 0.3) is 0 Å². The molecule has 0 saturated carbocycles. The van der Waals surface area contributed by atoms with Gasteiger partial charge in [-0.05, 0) is 24.3 Å². The van der Waals surface area contributed by atoms with Gasteiger partial charge in [-0.3, -0.25) is 0 Å². The van der Waals surface area contributed by atoms with E-state index in [1.807, 2.05) is 60.7 Å². The molecule has 2 aromatic rings. The standard InChI is InChI=1S/C17H20O4S2/c18-11-14(19)15(20)16(21)17(22-12-7-3-1-4-8-12)23-13-9-5-2-6-10-13/h1-10,14-21H,11H2. The Morgan fingerprint density at radius 1 is 0.696 bits per heavy atom. The summed E-state index contributed by atoms with van der Waals surface area (Å²) in [6, 6.07) is 19.1. The van der Waals surface area contributed by atoms with Crippen LogP contribution in [0.3, 0.4) is 0 Å². The van der Waals surface area contributed by atoms with Gasteiger partial charge in [-0.25, -0.2) is 0 Å². The molecule has 0 spiro atoms. The molecule has 0 heterocycles. The molecular formula is C17H20O4S2. The topological polar surface area (TPSA) is 80.9 Å². The lowest BCUT2D eigenvalue weighted by Gasteiger charge is -2.28. The third-order valence-corrected chi connectivity index (χ3v) is 5.89. The Hall–Kier alpha value is -1.02. The van der Waals surface area contributed by atoms with Crippen molar-refractivity contribution in [1.29, 1.82) is 0 Å². The fourth-order valence-corrected chi connectivity index (χ4v) is 4.55. The molecule has 0 aliphatic rings. The second-order valence-electron chi connectivity index (χ2n) is 4.96. The van der Waals surface area contributed by atoms with Crippen LogP contribution < -0.4 is 0 Å². The number of thioether (sulfide) groups is 2. The normalized spacial score (nSPS) is 15.3. The van der Waals surface area contributed by atoms with Crippen LogP contribution in [0.2, 0.25) is 0 Å². The summed E-state index contributed by atoms with van der Waals surface area (Å²) in [6.07, 6.45) is -4.00. The molecule has 2 aromatic carbocycles. The lowest BCUT2D eigenvalue weighted by atomic mass is 10.1. The average Bonchev–Trinajstić information content (AvgIpc) is 2.61. The highest BCUT2D eigenvalue weighted by molar-refractivity contribution is 8.17. The predicted octanol–water partition coefficient (Wildman–Crippen LogP) is 1.97. The first-order chi connectivity index (χ1) is 11.1. The van der Waals surface area contributed by atoms with Crippen molar-refractivity contribution in [2.24, 2.45) is 0 Å². The Morgan fingerprint density at radius 2 is 1.13 bits per heavy atom. The smallest absolute Gasteiger partial charge is 0.110 e. The lowest BCUT2D eigenvalue weighted by Crippen LogP contribution is -2.43. The monoisotopic (exact) mass is 352 g/mol. The molecule has 2 rings (SSSR count). The summed E-state index contributed by atoms with van der Waals surface area (Å²) < 4.78 is -0.434. The Balaban J connectivity index is 2.16. The molecule has 0 radical (unpaired) electrons. The predicted molar refractivity (Wildman–Crippen MR) is 93.5 cm³/mol. The van der Waals surface area contributed by atoms with Crippen LogP contribution in [0.15, 0.2) is 70.5 Å². The first kappa shape index (κ1) is 18.3. The summed E-state index contributed by atoms with van der Waals surface area (Å²) in [5.74, 6) is 0. The summed E-state index contributed by atoms with van der Waals surface area (Å²) >= 11 is 2.82. The third-order valence-electron chi connectivity index (χ3n) is 3.20. The Kier molecular flexibility index (Phi) is 7.42. The molecule has 3 unspecified atom stereocenters. The summed E-state index contributed by atoms with van der Waals surface area (Å²) in [4.78, 5) is 1.90. The van der Waals surface area contributed by atoms with Gasteiger partial charge in [-0.15, -0.1) is 23.5 Å². The number of rotatable bonds is 8. The first-order valence-corrected chi connectivity index (χ1v) is 8.96. The zero-order chi connectivity index (χ0) is 16.7. The highest BCUT2D eigenvalue weighted by Gasteiger charge is 2.32. The van der Waals surface area contributed by atoms with Crippen LogP contribution >= 0.6 is 23.5 Å². The van der Waals surface area contributed by atoms with Gasteiger partial charge in [0, 0.05) is 9.79 Å². The highest BCUT2D eigenvalue weighted by Crippen LogP contribution is 2.38. The Labute approximate surface area is 144 Å². The fourth-order valence-electron chi connectivity index (χ4n) is 1.93. The van der Waals surface area contributed by atoms with E-state index >= 15 is 0 Å². The van der Waals surface area contributed by atoms with Gasteiger partial charge < -0.3 is 20.4 Å². The number of hydrogen-bond donors (Lipinski definition) is 4. The van der Waals surface area contributed by atoms with E-state index in [0.29, 0.717) is 0 Å².